The monoisotopic (exact) mass is 257 g/mol. The first-order valence-corrected chi connectivity index (χ1v) is 6.23. The molecule has 2 N–H and O–H groups in total. The van der Waals surface area contributed by atoms with Gasteiger partial charge in [0.1, 0.15) is 12.0 Å². The van der Waals surface area contributed by atoms with Gasteiger partial charge in [-0.2, -0.15) is 0 Å². The van der Waals surface area contributed by atoms with E-state index in [0.717, 1.165) is 11.3 Å². The normalized spacial score (nSPS) is 20.1. The van der Waals surface area contributed by atoms with Crippen LogP contribution in [0.4, 0.5) is 10.1 Å². The molecule has 0 saturated heterocycles. The number of hydrogen-bond acceptors (Lipinski definition) is 3. The van der Waals surface area contributed by atoms with Gasteiger partial charge >= 0.3 is 0 Å². The number of hydrogen-bond donors (Lipinski definition) is 2. The van der Waals surface area contributed by atoms with Crippen molar-refractivity contribution in [2.24, 2.45) is 0 Å². The quantitative estimate of drug-likeness (QED) is 0.850. The lowest BCUT2D eigenvalue weighted by Gasteiger charge is -2.19. The number of nitrogens with zero attached hydrogens (tertiary/aromatic N) is 1. The zero-order valence-corrected chi connectivity index (χ0v) is 10.9. The van der Waals surface area contributed by atoms with Crippen molar-refractivity contribution in [2.45, 2.75) is 6.17 Å². The Bertz CT molecular complexity index is 599. The van der Waals surface area contributed by atoms with Gasteiger partial charge in [0.05, 0.1) is 5.69 Å². The number of rotatable bonds is 2. The molecule has 0 spiro atoms. The molecular formula is C15H16FN3. The number of allylic oxidation sites excluding steroid dienone is 2. The number of dihydropyridines is 1. The van der Waals surface area contributed by atoms with Crippen LogP contribution in [-0.2, 0) is 0 Å². The van der Waals surface area contributed by atoms with Crippen LogP contribution in [0.3, 0.4) is 0 Å². The second kappa shape index (κ2) is 4.46. The van der Waals surface area contributed by atoms with E-state index in [9.17, 15) is 4.39 Å². The van der Waals surface area contributed by atoms with Gasteiger partial charge in [0, 0.05) is 19.8 Å². The first kappa shape index (κ1) is 11.8. The molecule has 19 heavy (non-hydrogen) atoms. The highest BCUT2D eigenvalue weighted by Gasteiger charge is 2.22. The number of benzene rings is 1. The van der Waals surface area contributed by atoms with Crippen molar-refractivity contribution in [3.8, 4) is 0 Å². The Morgan fingerprint density at radius 2 is 2.11 bits per heavy atom. The highest BCUT2D eigenvalue weighted by Crippen LogP contribution is 2.27. The van der Waals surface area contributed by atoms with E-state index in [0.29, 0.717) is 5.69 Å². The van der Waals surface area contributed by atoms with Gasteiger partial charge in [0.2, 0.25) is 0 Å². The van der Waals surface area contributed by atoms with Crippen LogP contribution in [0, 0.1) is 5.82 Å². The molecule has 4 heteroatoms. The molecule has 2 aliphatic heterocycles. The Labute approximate surface area is 112 Å². The van der Waals surface area contributed by atoms with Gasteiger partial charge in [0.25, 0.3) is 0 Å². The van der Waals surface area contributed by atoms with Crippen molar-refractivity contribution >= 4 is 11.4 Å². The molecule has 0 aromatic heterocycles. The van der Waals surface area contributed by atoms with Crippen molar-refractivity contribution < 1.29 is 4.39 Å². The topological polar surface area (TPSA) is 27.3 Å². The fourth-order valence-electron chi connectivity index (χ4n) is 2.31. The summed E-state index contributed by atoms with van der Waals surface area (Å²) >= 11 is 0. The summed E-state index contributed by atoms with van der Waals surface area (Å²) in [5, 5.41) is 6.62. The smallest absolute Gasteiger partial charge is 0.146 e. The van der Waals surface area contributed by atoms with Gasteiger partial charge in [-0.3, -0.25) is 0 Å². The van der Waals surface area contributed by atoms with Gasteiger partial charge in [-0.15, -0.1) is 0 Å². The molecule has 2 heterocycles. The molecule has 0 saturated carbocycles. The van der Waals surface area contributed by atoms with Crippen LogP contribution in [-0.4, -0.2) is 20.3 Å². The summed E-state index contributed by atoms with van der Waals surface area (Å²) < 4.78 is 13.7. The molecular weight excluding hydrogens is 241 g/mol. The van der Waals surface area contributed by atoms with Gasteiger partial charge < -0.3 is 15.5 Å². The zero-order chi connectivity index (χ0) is 13.4. The molecule has 0 fully saturated rings. The Kier molecular flexibility index (Phi) is 2.78. The second-order valence-electron chi connectivity index (χ2n) is 4.89. The summed E-state index contributed by atoms with van der Waals surface area (Å²) in [7, 11) is 3.68. The zero-order valence-electron chi connectivity index (χ0n) is 10.9. The number of anilines is 1. The maximum absolute atomic E-state index is 13.7. The molecule has 0 amide bonds. The molecule has 0 radical (unpaired) electrons. The van der Waals surface area contributed by atoms with Crippen molar-refractivity contribution in [3.63, 3.8) is 0 Å². The van der Waals surface area contributed by atoms with E-state index in [-0.39, 0.29) is 12.0 Å². The third-order valence-electron chi connectivity index (χ3n) is 3.33. The summed E-state index contributed by atoms with van der Waals surface area (Å²) in [6.07, 6.45) is 8.16. The Hall–Kier alpha value is -2.23. The molecule has 98 valence electrons. The first-order chi connectivity index (χ1) is 9.15. The maximum atomic E-state index is 13.7. The van der Waals surface area contributed by atoms with Crippen LogP contribution in [0.2, 0.25) is 0 Å². The van der Waals surface area contributed by atoms with Crippen LogP contribution >= 0.6 is 0 Å². The van der Waals surface area contributed by atoms with Crippen LogP contribution in [0.15, 0.2) is 48.2 Å². The third-order valence-corrected chi connectivity index (χ3v) is 3.33. The predicted octanol–water partition coefficient (Wildman–Crippen LogP) is 2.21. The first-order valence-electron chi connectivity index (χ1n) is 6.23. The van der Waals surface area contributed by atoms with Crippen molar-refractivity contribution in [1.82, 2.24) is 10.6 Å². The minimum absolute atomic E-state index is 0.118. The predicted molar refractivity (Wildman–Crippen MR) is 76.0 cm³/mol. The largest absolute Gasteiger partial charge is 0.375 e. The Morgan fingerprint density at radius 3 is 2.84 bits per heavy atom. The molecule has 1 aromatic rings. The standard InChI is InChI=1S/C15H16FN3/c1-19(2)14-9-10(5-6-12(14)16)13-8-11-4-3-7-17-15(11)18-13/h3-9,15,17-18H,1-2H3. The van der Waals surface area contributed by atoms with Crippen molar-refractivity contribution in [3.05, 3.63) is 59.6 Å². The number of halogens is 1. The number of fused-ring (bicyclic) bond motifs is 1. The van der Waals surface area contributed by atoms with E-state index in [1.807, 2.05) is 32.4 Å². The molecule has 1 atom stereocenters. The summed E-state index contributed by atoms with van der Waals surface area (Å²) in [6.45, 7) is 0. The maximum Gasteiger partial charge on any atom is 0.146 e. The molecule has 1 unspecified atom stereocenters. The molecule has 0 bridgehead atoms. The minimum atomic E-state index is -0.205. The number of nitrogens with one attached hydrogen (secondary N) is 2. The lowest BCUT2D eigenvalue weighted by Crippen LogP contribution is -2.36. The van der Waals surface area contributed by atoms with E-state index < -0.39 is 0 Å². The average molecular weight is 257 g/mol. The van der Waals surface area contributed by atoms with Gasteiger partial charge in [-0.25, -0.2) is 4.39 Å². The highest BCUT2D eigenvalue weighted by molar-refractivity contribution is 5.74. The van der Waals surface area contributed by atoms with Crippen molar-refractivity contribution in [1.29, 1.82) is 0 Å². The third kappa shape index (κ3) is 2.10. The van der Waals surface area contributed by atoms with Gasteiger partial charge in [0.15, 0.2) is 0 Å². The molecule has 3 nitrogen and oxygen atoms in total. The van der Waals surface area contributed by atoms with Crippen molar-refractivity contribution in [2.75, 3.05) is 19.0 Å². The second-order valence-corrected chi connectivity index (χ2v) is 4.89. The van der Waals surface area contributed by atoms with Crippen LogP contribution in [0.1, 0.15) is 5.56 Å². The van der Waals surface area contributed by atoms with Gasteiger partial charge in [-0.05, 0) is 47.7 Å². The summed E-state index contributed by atoms with van der Waals surface area (Å²) in [6, 6.07) is 5.17. The summed E-state index contributed by atoms with van der Waals surface area (Å²) in [5.41, 5.74) is 3.78. The molecule has 3 rings (SSSR count). The summed E-state index contributed by atoms with van der Waals surface area (Å²) in [4.78, 5) is 1.78. The van der Waals surface area contributed by atoms with Gasteiger partial charge in [-0.1, -0.05) is 6.08 Å². The molecule has 1 aromatic carbocycles. The van der Waals surface area contributed by atoms with Crippen LogP contribution in [0.25, 0.3) is 5.70 Å². The van der Waals surface area contributed by atoms with Crippen LogP contribution < -0.4 is 15.5 Å². The SMILES string of the molecule is CN(C)c1cc(C2=CC3=CC=CNC3N2)ccc1F. The van der Waals surface area contributed by atoms with E-state index in [4.69, 9.17) is 0 Å². The minimum Gasteiger partial charge on any atom is -0.375 e. The lowest BCUT2D eigenvalue weighted by atomic mass is 10.1. The fraction of sp³-hybridized carbons (Fsp3) is 0.200. The highest BCUT2D eigenvalue weighted by atomic mass is 19.1. The average Bonchev–Trinajstić information content (AvgIpc) is 2.82. The fourth-order valence-corrected chi connectivity index (χ4v) is 2.31. The van der Waals surface area contributed by atoms with E-state index >= 15 is 0 Å². The van der Waals surface area contributed by atoms with E-state index in [1.165, 1.54) is 11.6 Å². The van der Waals surface area contributed by atoms with E-state index in [1.54, 1.807) is 11.0 Å². The molecule has 0 aliphatic carbocycles. The van der Waals surface area contributed by atoms with Crippen LogP contribution in [0.5, 0.6) is 0 Å². The Morgan fingerprint density at radius 1 is 1.26 bits per heavy atom. The van der Waals surface area contributed by atoms with E-state index in [2.05, 4.69) is 22.8 Å². The molecule has 2 aliphatic rings. The Balaban J connectivity index is 1.96. The summed E-state index contributed by atoms with van der Waals surface area (Å²) in [5.74, 6) is -0.205. The lowest BCUT2D eigenvalue weighted by molar-refractivity contribution is 0.625.